The topological polar surface area (TPSA) is 87.0 Å². The van der Waals surface area contributed by atoms with Crippen molar-refractivity contribution in [2.24, 2.45) is 17.6 Å². The molecule has 206 valence electrons. The Morgan fingerprint density at radius 3 is 2.03 bits per heavy atom. The van der Waals surface area contributed by atoms with E-state index in [4.69, 9.17) is 10.5 Å². The van der Waals surface area contributed by atoms with Gasteiger partial charge >= 0.3 is 18.4 Å². The van der Waals surface area contributed by atoms with Crippen molar-refractivity contribution in [3.05, 3.63) is 41.1 Å². The Morgan fingerprint density at radius 2 is 1.50 bits per heavy atom. The van der Waals surface area contributed by atoms with Crippen LogP contribution in [0.4, 0.5) is 32.2 Å². The monoisotopic (exact) mass is 543 g/mol. The SMILES string of the molecule is Cc1cc(N2CC3CCC(C2)C3N)n(-c2nc(Oc3cc(C(F)(F)F)cc(C(F)(F)F)c3)n(C(C)C)n2)n1. The Hall–Kier alpha value is -3.29. The molecule has 0 radical (unpaired) electrons. The van der Waals surface area contributed by atoms with E-state index in [1.165, 1.54) is 9.36 Å². The summed E-state index contributed by atoms with van der Waals surface area (Å²) in [5, 5.41) is 8.95. The fourth-order valence-corrected chi connectivity index (χ4v) is 5.19. The molecule has 2 atom stereocenters. The molecule has 1 saturated heterocycles. The molecule has 5 rings (SSSR count). The summed E-state index contributed by atoms with van der Waals surface area (Å²) in [6.45, 7) is 6.75. The number of rotatable bonds is 5. The highest BCUT2D eigenvalue weighted by atomic mass is 19.4. The lowest BCUT2D eigenvalue weighted by atomic mass is 9.93. The van der Waals surface area contributed by atoms with Gasteiger partial charge in [0, 0.05) is 25.2 Å². The maximum absolute atomic E-state index is 13.3. The molecule has 2 aliphatic rings. The Labute approximate surface area is 214 Å². The van der Waals surface area contributed by atoms with Crippen LogP contribution in [0.25, 0.3) is 5.95 Å². The third-order valence-electron chi connectivity index (χ3n) is 7.08. The fourth-order valence-electron chi connectivity index (χ4n) is 5.19. The second-order valence-corrected chi connectivity index (χ2v) is 10.2. The first-order chi connectivity index (χ1) is 17.7. The van der Waals surface area contributed by atoms with E-state index < -0.39 is 29.2 Å². The number of nitrogens with two attached hydrogens (primary N) is 1. The van der Waals surface area contributed by atoms with Gasteiger partial charge in [-0.25, -0.2) is 4.68 Å². The molecule has 2 bridgehead atoms. The van der Waals surface area contributed by atoms with Gasteiger partial charge in [-0.15, -0.1) is 5.10 Å². The van der Waals surface area contributed by atoms with Gasteiger partial charge in [-0.1, -0.05) is 0 Å². The van der Waals surface area contributed by atoms with Crippen molar-refractivity contribution in [2.45, 2.75) is 58.0 Å². The van der Waals surface area contributed by atoms with Crippen molar-refractivity contribution >= 4 is 5.82 Å². The van der Waals surface area contributed by atoms with Crippen LogP contribution in [-0.2, 0) is 12.4 Å². The zero-order valence-corrected chi connectivity index (χ0v) is 20.9. The third kappa shape index (κ3) is 4.93. The van der Waals surface area contributed by atoms with Crippen LogP contribution in [0.15, 0.2) is 24.3 Å². The van der Waals surface area contributed by atoms with Crippen molar-refractivity contribution in [3.63, 3.8) is 0 Å². The molecule has 2 N–H and O–H groups in total. The number of anilines is 1. The van der Waals surface area contributed by atoms with E-state index in [1.54, 1.807) is 13.8 Å². The summed E-state index contributed by atoms with van der Waals surface area (Å²) in [4.78, 5) is 6.51. The average Bonchev–Trinajstić information content (AvgIpc) is 3.45. The standard InChI is InChI=1S/C24H27F6N7O/c1-12(2)36-22(38-18-8-16(23(25,26)27)7-17(9-18)24(28,29)30)32-21(34-36)37-19(6-13(3)33-37)35-10-14-4-5-15(11-35)20(14)31/h6-9,12,14-15,20H,4-5,10-11,31H2,1-3H3. The molecular formula is C24H27F6N7O. The Balaban J connectivity index is 1.52. The van der Waals surface area contributed by atoms with E-state index >= 15 is 0 Å². The third-order valence-corrected chi connectivity index (χ3v) is 7.08. The van der Waals surface area contributed by atoms with Gasteiger partial charge in [0.15, 0.2) is 0 Å². The quantitative estimate of drug-likeness (QED) is 0.437. The van der Waals surface area contributed by atoms with Crippen LogP contribution in [-0.4, -0.2) is 43.7 Å². The smallest absolute Gasteiger partial charge is 0.416 e. The van der Waals surface area contributed by atoms with E-state index in [2.05, 4.69) is 20.1 Å². The molecule has 3 aromatic rings. The van der Waals surface area contributed by atoms with Crippen LogP contribution >= 0.6 is 0 Å². The first-order valence-electron chi connectivity index (χ1n) is 12.2. The van der Waals surface area contributed by atoms with Gasteiger partial charge in [-0.05, 0) is 63.6 Å². The van der Waals surface area contributed by atoms with E-state index in [0.717, 1.165) is 31.7 Å². The number of benzene rings is 1. The number of piperidine rings is 1. The minimum Gasteiger partial charge on any atom is -0.424 e. The molecule has 38 heavy (non-hydrogen) atoms. The lowest BCUT2D eigenvalue weighted by Crippen LogP contribution is -2.49. The van der Waals surface area contributed by atoms with Gasteiger partial charge in [0.1, 0.15) is 11.6 Å². The van der Waals surface area contributed by atoms with Crippen molar-refractivity contribution in [2.75, 3.05) is 18.0 Å². The van der Waals surface area contributed by atoms with Gasteiger partial charge in [0.05, 0.1) is 22.9 Å². The number of hydrogen-bond donors (Lipinski definition) is 1. The summed E-state index contributed by atoms with van der Waals surface area (Å²) in [6.07, 6.45) is -7.92. The summed E-state index contributed by atoms with van der Waals surface area (Å²) in [6, 6.07) is 2.45. The Bertz CT molecular complexity index is 1280. The van der Waals surface area contributed by atoms with Crippen LogP contribution in [0.1, 0.15) is 49.6 Å². The average molecular weight is 544 g/mol. The van der Waals surface area contributed by atoms with Gasteiger partial charge in [-0.2, -0.15) is 41.1 Å². The molecular weight excluding hydrogens is 516 g/mol. The summed E-state index contributed by atoms with van der Waals surface area (Å²) in [5.41, 5.74) is 4.07. The minimum absolute atomic E-state index is 0.0436. The zero-order valence-electron chi connectivity index (χ0n) is 20.9. The van der Waals surface area contributed by atoms with Gasteiger partial charge in [-0.3, -0.25) is 0 Å². The Morgan fingerprint density at radius 1 is 0.921 bits per heavy atom. The molecule has 2 fully saturated rings. The number of alkyl halides is 6. The number of aryl methyl sites for hydroxylation is 1. The number of nitrogens with zero attached hydrogens (tertiary/aromatic N) is 6. The fraction of sp³-hybridized carbons (Fsp3) is 0.542. The molecule has 2 aromatic heterocycles. The summed E-state index contributed by atoms with van der Waals surface area (Å²) < 4.78 is 88.3. The predicted octanol–water partition coefficient (Wildman–Crippen LogP) is 5.36. The van der Waals surface area contributed by atoms with E-state index in [9.17, 15) is 26.3 Å². The van der Waals surface area contributed by atoms with E-state index in [-0.39, 0.29) is 30.1 Å². The predicted molar refractivity (Wildman–Crippen MR) is 125 cm³/mol. The van der Waals surface area contributed by atoms with Crippen molar-refractivity contribution < 1.29 is 31.1 Å². The molecule has 1 saturated carbocycles. The van der Waals surface area contributed by atoms with Gasteiger partial charge in [0.2, 0.25) is 0 Å². The maximum atomic E-state index is 13.3. The van der Waals surface area contributed by atoms with Crippen LogP contribution in [0.2, 0.25) is 0 Å². The minimum atomic E-state index is -5.01. The van der Waals surface area contributed by atoms with Gasteiger partial charge < -0.3 is 15.4 Å². The first kappa shape index (κ1) is 26.3. The Kier molecular flexibility index (Phi) is 6.35. The first-order valence-corrected chi connectivity index (χ1v) is 12.2. The molecule has 0 amide bonds. The summed E-state index contributed by atoms with van der Waals surface area (Å²) in [5.74, 6) is 0.855. The van der Waals surface area contributed by atoms with Crippen LogP contribution in [0.5, 0.6) is 11.8 Å². The van der Waals surface area contributed by atoms with Crippen molar-refractivity contribution in [1.82, 2.24) is 24.5 Å². The highest BCUT2D eigenvalue weighted by molar-refractivity contribution is 5.46. The molecule has 0 spiro atoms. The highest BCUT2D eigenvalue weighted by Crippen LogP contribution is 2.40. The number of ether oxygens (including phenoxy) is 1. The van der Waals surface area contributed by atoms with Gasteiger partial charge in [0.25, 0.3) is 5.95 Å². The van der Waals surface area contributed by atoms with E-state index in [1.807, 2.05) is 13.0 Å². The number of halogens is 6. The molecule has 1 aromatic carbocycles. The summed E-state index contributed by atoms with van der Waals surface area (Å²) >= 11 is 0. The lowest BCUT2D eigenvalue weighted by Gasteiger charge is -2.37. The second kappa shape index (κ2) is 9.17. The maximum Gasteiger partial charge on any atom is 0.416 e. The molecule has 1 aliphatic carbocycles. The molecule has 8 nitrogen and oxygen atoms in total. The summed E-state index contributed by atoms with van der Waals surface area (Å²) in [7, 11) is 0. The largest absolute Gasteiger partial charge is 0.424 e. The number of hydrogen-bond acceptors (Lipinski definition) is 6. The lowest BCUT2D eigenvalue weighted by molar-refractivity contribution is -0.143. The van der Waals surface area contributed by atoms with Crippen LogP contribution in [0, 0.1) is 18.8 Å². The molecule has 3 heterocycles. The zero-order chi connectivity index (χ0) is 27.6. The van der Waals surface area contributed by atoms with Crippen molar-refractivity contribution in [3.8, 4) is 17.7 Å². The second-order valence-electron chi connectivity index (χ2n) is 10.2. The normalized spacial score (nSPS) is 22.0. The number of fused-ring (bicyclic) bond motifs is 2. The van der Waals surface area contributed by atoms with Crippen LogP contribution < -0.4 is 15.4 Å². The highest BCUT2D eigenvalue weighted by Gasteiger charge is 2.41. The van der Waals surface area contributed by atoms with Crippen molar-refractivity contribution in [1.29, 1.82) is 0 Å². The molecule has 1 aliphatic heterocycles. The van der Waals surface area contributed by atoms with E-state index in [0.29, 0.717) is 29.7 Å². The number of aromatic nitrogens is 5. The van der Waals surface area contributed by atoms with Crippen LogP contribution in [0.3, 0.4) is 0 Å². The molecule has 14 heteroatoms. The molecule has 2 unspecified atom stereocenters.